The van der Waals surface area contributed by atoms with Crippen molar-refractivity contribution >= 4 is 17.4 Å². The molecule has 0 unspecified atom stereocenters. The second-order valence-corrected chi connectivity index (χ2v) is 0.512. The van der Waals surface area contributed by atoms with E-state index < -0.39 is 0 Å². The van der Waals surface area contributed by atoms with Gasteiger partial charge in [0.1, 0.15) is 0 Å². The van der Waals surface area contributed by atoms with Crippen molar-refractivity contribution in [3.8, 4) is 0 Å². The third kappa shape index (κ3) is 12.7. The third-order valence-electron chi connectivity index (χ3n) is 0.129. The van der Waals surface area contributed by atoms with Crippen molar-refractivity contribution in [2.45, 2.75) is 0 Å². The van der Waals surface area contributed by atoms with E-state index in [1.165, 1.54) is 0 Å². The van der Waals surface area contributed by atoms with Gasteiger partial charge in [-0.3, -0.25) is 0 Å². The van der Waals surface area contributed by atoms with Gasteiger partial charge in [-0.25, -0.2) is 0 Å². The van der Waals surface area contributed by atoms with Gasteiger partial charge >= 0.3 is 0 Å². The Balaban J connectivity index is 0. The minimum absolute atomic E-state index is 0. The van der Waals surface area contributed by atoms with E-state index in [0.717, 1.165) is 0 Å². The number of nitrogens with two attached hydrogens (primary N) is 1. The molecule has 0 radical (unpaired) electrons. The lowest BCUT2D eigenvalue weighted by Gasteiger charge is -1.71. The fourth-order valence-corrected chi connectivity index (χ4v) is 0. The molecular formula is C2H10AlNO. The van der Waals surface area contributed by atoms with Gasteiger partial charge in [0, 0.05) is 6.54 Å². The highest BCUT2D eigenvalue weighted by Crippen LogP contribution is 1.33. The van der Waals surface area contributed by atoms with Crippen LogP contribution in [0.1, 0.15) is 0 Å². The lowest BCUT2D eigenvalue weighted by atomic mass is 10.8. The summed E-state index contributed by atoms with van der Waals surface area (Å²) in [6, 6.07) is 0. The largest absolute Gasteiger partial charge is 0.395 e. The Hall–Kier alpha value is 0.452. The van der Waals surface area contributed by atoms with Crippen LogP contribution >= 0.6 is 0 Å². The number of aliphatic hydroxyl groups excluding tert-OH is 1. The molecule has 0 heterocycles. The van der Waals surface area contributed by atoms with Gasteiger partial charge in [0.25, 0.3) is 0 Å². The summed E-state index contributed by atoms with van der Waals surface area (Å²) >= 11 is 0. The second-order valence-electron chi connectivity index (χ2n) is 0.512. The van der Waals surface area contributed by atoms with Crippen LogP contribution in [0.25, 0.3) is 0 Å². The Labute approximate surface area is 42.1 Å². The summed E-state index contributed by atoms with van der Waals surface area (Å²) in [5.41, 5.74) is 4.78. The van der Waals surface area contributed by atoms with Gasteiger partial charge in [-0.15, -0.1) is 0 Å². The number of aliphatic hydroxyl groups is 1. The van der Waals surface area contributed by atoms with E-state index in [2.05, 4.69) is 0 Å². The molecule has 0 spiro atoms. The molecule has 0 bridgehead atoms. The first-order valence-corrected chi connectivity index (χ1v) is 1.22. The molecule has 3 N–H and O–H groups in total. The van der Waals surface area contributed by atoms with Gasteiger partial charge in [0.15, 0.2) is 17.4 Å². The molecule has 5 heavy (non-hydrogen) atoms. The maximum atomic E-state index is 7.75. The minimum Gasteiger partial charge on any atom is -0.395 e. The van der Waals surface area contributed by atoms with E-state index in [0.29, 0.717) is 6.54 Å². The summed E-state index contributed by atoms with van der Waals surface area (Å²) in [4.78, 5) is 0. The van der Waals surface area contributed by atoms with E-state index in [4.69, 9.17) is 10.8 Å². The Morgan fingerprint density at radius 3 is 1.80 bits per heavy atom. The van der Waals surface area contributed by atoms with E-state index in [1.54, 1.807) is 0 Å². The Morgan fingerprint density at radius 2 is 1.80 bits per heavy atom. The van der Waals surface area contributed by atoms with Gasteiger partial charge in [-0.1, -0.05) is 0 Å². The molecule has 0 aliphatic heterocycles. The average molecular weight is 91.1 g/mol. The third-order valence-corrected chi connectivity index (χ3v) is 0.129. The number of hydrogen-bond donors (Lipinski definition) is 2. The van der Waals surface area contributed by atoms with Crippen LogP contribution in [0.3, 0.4) is 0 Å². The Bertz CT molecular complexity index is 11.6. The zero-order valence-electron chi connectivity index (χ0n) is 2.44. The Kier molecular flexibility index (Phi) is 16.0. The SMILES string of the molecule is NCCO.[AlH3]. The van der Waals surface area contributed by atoms with Crippen molar-refractivity contribution in [1.82, 2.24) is 0 Å². The lowest BCUT2D eigenvalue weighted by molar-refractivity contribution is 0.306. The minimum atomic E-state index is 0. The van der Waals surface area contributed by atoms with Gasteiger partial charge in [-0.05, 0) is 0 Å². The van der Waals surface area contributed by atoms with Gasteiger partial charge in [0.2, 0.25) is 0 Å². The molecule has 0 amide bonds. The molecule has 0 aromatic heterocycles. The number of hydrogen-bond acceptors (Lipinski definition) is 2. The van der Waals surface area contributed by atoms with Gasteiger partial charge in [0.05, 0.1) is 6.61 Å². The Morgan fingerprint density at radius 1 is 1.60 bits per heavy atom. The van der Waals surface area contributed by atoms with Crippen molar-refractivity contribution in [2.75, 3.05) is 13.2 Å². The summed E-state index contributed by atoms with van der Waals surface area (Å²) in [5, 5.41) is 7.75. The van der Waals surface area contributed by atoms with Crippen molar-refractivity contribution in [1.29, 1.82) is 0 Å². The average Bonchev–Trinajstić information content (AvgIpc) is 1.37. The predicted octanol–water partition coefficient (Wildman–Crippen LogP) is -2.25. The molecular weight excluding hydrogens is 81.0 g/mol. The molecule has 0 aromatic rings. The summed E-state index contributed by atoms with van der Waals surface area (Å²) in [6.07, 6.45) is 0. The molecule has 0 aliphatic rings. The molecule has 0 fully saturated rings. The maximum absolute atomic E-state index is 7.75. The molecule has 0 rings (SSSR count). The summed E-state index contributed by atoms with van der Waals surface area (Å²) in [5.74, 6) is 0. The highest BCUT2D eigenvalue weighted by molar-refractivity contribution is 5.75. The van der Waals surface area contributed by atoms with Crippen molar-refractivity contribution in [3.63, 3.8) is 0 Å². The quantitative estimate of drug-likeness (QED) is 0.358. The van der Waals surface area contributed by atoms with Crippen LogP contribution in [0.5, 0.6) is 0 Å². The molecule has 0 aliphatic carbocycles. The van der Waals surface area contributed by atoms with Crippen LogP contribution in [0.2, 0.25) is 0 Å². The van der Waals surface area contributed by atoms with E-state index >= 15 is 0 Å². The normalized spacial score (nSPS) is 6.00. The zero-order chi connectivity index (χ0) is 3.41. The standard InChI is InChI=1S/C2H7NO.Al.3H/c3-1-2-4;;;;/h4H,1-3H2;;;;. The van der Waals surface area contributed by atoms with Crippen LogP contribution in [0.15, 0.2) is 0 Å². The summed E-state index contributed by atoms with van der Waals surface area (Å²) in [6.45, 7) is 0.472. The van der Waals surface area contributed by atoms with Crippen molar-refractivity contribution in [3.05, 3.63) is 0 Å². The molecule has 32 valence electrons. The second kappa shape index (κ2) is 8.82. The zero-order valence-corrected chi connectivity index (χ0v) is 2.44. The topological polar surface area (TPSA) is 46.2 Å². The van der Waals surface area contributed by atoms with Crippen molar-refractivity contribution in [2.24, 2.45) is 5.73 Å². The molecule has 0 atom stereocenters. The highest BCUT2D eigenvalue weighted by atomic mass is 27.0. The van der Waals surface area contributed by atoms with Crippen LogP contribution in [0, 0.1) is 0 Å². The van der Waals surface area contributed by atoms with Crippen molar-refractivity contribution < 1.29 is 5.11 Å². The first-order chi connectivity index (χ1) is 1.91. The monoisotopic (exact) mass is 91.1 g/mol. The highest BCUT2D eigenvalue weighted by Gasteiger charge is 1.56. The lowest BCUT2D eigenvalue weighted by Crippen LogP contribution is -2.02. The fraction of sp³-hybridized carbons (Fsp3) is 1.00. The van der Waals surface area contributed by atoms with E-state index in [1.807, 2.05) is 0 Å². The summed E-state index contributed by atoms with van der Waals surface area (Å²) in [7, 11) is 0. The molecule has 0 saturated heterocycles. The van der Waals surface area contributed by atoms with Crippen LogP contribution in [-0.4, -0.2) is 35.6 Å². The van der Waals surface area contributed by atoms with Crippen LogP contribution < -0.4 is 5.73 Å². The van der Waals surface area contributed by atoms with E-state index in [9.17, 15) is 0 Å². The number of rotatable bonds is 1. The molecule has 2 nitrogen and oxygen atoms in total. The van der Waals surface area contributed by atoms with Crippen LogP contribution in [0.4, 0.5) is 0 Å². The molecule has 0 aromatic carbocycles. The van der Waals surface area contributed by atoms with Crippen LogP contribution in [-0.2, 0) is 0 Å². The maximum Gasteiger partial charge on any atom is 0.187 e. The van der Waals surface area contributed by atoms with Gasteiger partial charge in [-0.2, -0.15) is 0 Å². The van der Waals surface area contributed by atoms with E-state index in [-0.39, 0.29) is 24.0 Å². The van der Waals surface area contributed by atoms with Gasteiger partial charge < -0.3 is 10.8 Å². The molecule has 0 saturated carbocycles. The molecule has 3 heteroatoms. The predicted molar refractivity (Wildman–Crippen MR) is 26.1 cm³/mol. The smallest absolute Gasteiger partial charge is 0.187 e. The fourth-order valence-electron chi connectivity index (χ4n) is 0. The first kappa shape index (κ1) is 9.07. The first-order valence-electron chi connectivity index (χ1n) is 1.22. The summed E-state index contributed by atoms with van der Waals surface area (Å²) < 4.78 is 0.